The van der Waals surface area contributed by atoms with Crippen LogP contribution in [0.1, 0.15) is 30.2 Å². The molecule has 0 fully saturated rings. The molecule has 0 saturated carbocycles. The van der Waals surface area contributed by atoms with Gasteiger partial charge in [0.25, 0.3) is 5.91 Å². The Labute approximate surface area is 115 Å². The Morgan fingerprint density at radius 2 is 2.21 bits per heavy atom. The Bertz CT molecular complexity index is 608. The number of nitrogen functional groups attached to an aromatic ring is 1. The zero-order valence-corrected chi connectivity index (χ0v) is 11.3. The lowest BCUT2D eigenvalue weighted by Gasteiger charge is -2.12. The van der Waals surface area contributed by atoms with Crippen LogP contribution in [0.5, 0.6) is 0 Å². The van der Waals surface area contributed by atoms with Gasteiger partial charge in [0, 0.05) is 18.4 Å². The maximum Gasteiger partial charge on any atom is 0.261 e. The molecule has 6 nitrogen and oxygen atoms in total. The molecule has 0 radical (unpaired) electrons. The summed E-state index contributed by atoms with van der Waals surface area (Å²) in [4.78, 5) is 20.0. The molecule has 2 aromatic rings. The summed E-state index contributed by atoms with van der Waals surface area (Å²) in [5.41, 5.74) is 6.19. The van der Waals surface area contributed by atoms with E-state index >= 15 is 0 Å². The number of rotatable bonds is 3. The van der Waals surface area contributed by atoms with Gasteiger partial charge in [-0.2, -0.15) is 0 Å². The number of amides is 1. The van der Waals surface area contributed by atoms with Crippen LogP contribution in [-0.2, 0) is 0 Å². The second kappa shape index (κ2) is 5.27. The quantitative estimate of drug-likeness (QED) is 0.845. The molecule has 0 spiro atoms. The number of nitrogens with zero attached hydrogens (tertiary/aromatic N) is 3. The van der Waals surface area contributed by atoms with Crippen molar-refractivity contribution < 1.29 is 4.79 Å². The highest BCUT2D eigenvalue weighted by atomic mass is 35.5. The fourth-order valence-corrected chi connectivity index (χ4v) is 1.81. The molecule has 0 aliphatic rings. The Balaban J connectivity index is 2.26. The van der Waals surface area contributed by atoms with Crippen molar-refractivity contribution >= 4 is 29.1 Å². The highest BCUT2D eigenvalue weighted by Gasteiger charge is 2.15. The molecule has 7 heteroatoms. The average molecular weight is 280 g/mol. The number of imidazole rings is 1. The summed E-state index contributed by atoms with van der Waals surface area (Å²) in [6.45, 7) is 3.98. The summed E-state index contributed by atoms with van der Waals surface area (Å²) in [7, 11) is 0. The molecule has 0 saturated heterocycles. The molecule has 0 aromatic carbocycles. The third-order valence-electron chi connectivity index (χ3n) is 2.56. The lowest BCUT2D eigenvalue weighted by molar-refractivity contribution is 0.102. The minimum Gasteiger partial charge on any atom is -0.397 e. The number of carbonyl (C=O) groups excluding carboxylic acids is 1. The third kappa shape index (κ3) is 2.85. The molecular weight excluding hydrogens is 266 g/mol. The van der Waals surface area contributed by atoms with Crippen molar-refractivity contribution in [2.45, 2.75) is 19.9 Å². The normalized spacial score (nSPS) is 10.7. The van der Waals surface area contributed by atoms with E-state index in [1.807, 2.05) is 18.4 Å². The van der Waals surface area contributed by atoms with Crippen LogP contribution in [-0.4, -0.2) is 20.4 Å². The van der Waals surface area contributed by atoms with Gasteiger partial charge in [-0.3, -0.25) is 10.1 Å². The first-order valence-corrected chi connectivity index (χ1v) is 6.12. The molecule has 0 bridgehead atoms. The van der Waals surface area contributed by atoms with Gasteiger partial charge in [0.2, 0.25) is 5.95 Å². The van der Waals surface area contributed by atoms with E-state index in [1.54, 1.807) is 12.4 Å². The summed E-state index contributed by atoms with van der Waals surface area (Å²) < 4.78 is 1.84. The van der Waals surface area contributed by atoms with Crippen LogP contribution in [0.25, 0.3) is 0 Å². The molecule has 0 aliphatic heterocycles. The summed E-state index contributed by atoms with van der Waals surface area (Å²) >= 11 is 5.88. The van der Waals surface area contributed by atoms with Gasteiger partial charge in [0.15, 0.2) is 0 Å². The van der Waals surface area contributed by atoms with Gasteiger partial charge in [-0.1, -0.05) is 11.6 Å². The first-order chi connectivity index (χ1) is 8.99. The van der Waals surface area contributed by atoms with Gasteiger partial charge in [-0.25, -0.2) is 9.97 Å². The highest BCUT2D eigenvalue weighted by Crippen LogP contribution is 2.18. The van der Waals surface area contributed by atoms with Crippen molar-refractivity contribution in [1.82, 2.24) is 14.5 Å². The minimum absolute atomic E-state index is 0.106. The van der Waals surface area contributed by atoms with Crippen LogP contribution < -0.4 is 11.1 Å². The molecular formula is C12H14ClN5O. The van der Waals surface area contributed by atoms with Gasteiger partial charge >= 0.3 is 0 Å². The summed E-state index contributed by atoms with van der Waals surface area (Å²) in [5.74, 6) is 0.0661. The largest absolute Gasteiger partial charge is 0.397 e. The monoisotopic (exact) mass is 279 g/mol. The van der Waals surface area contributed by atoms with Crippen molar-refractivity contribution in [3.05, 3.63) is 35.4 Å². The zero-order valence-electron chi connectivity index (χ0n) is 10.6. The van der Waals surface area contributed by atoms with Crippen LogP contribution in [0.4, 0.5) is 11.6 Å². The molecule has 0 aliphatic carbocycles. The predicted octanol–water partition coefficient (Wildman–Crippen LogP) is 2.35. The Morgan fingerprint density at radius 3 is 2.89 bits per heavy atom. The highest BCUT2D eigenvalue weighted by molar-refractivity contribution is 6.33. The number of nitrogens with two attached hydrogens (primary N) is 1. The number of halogens is 1. The maximum atomic E-state index is 12.1. The molecule has 0 unspecified atom stereocenters. The molecule has 100 valence electrons. The SMILES string of the molecule is CC(C)n1ccnc1NC(=O)c1cc(N)cnc1Cl. The number of nitrogens with one attached hydrogen (secondary N) is 1. The van der Waals surface area contributed by atoms with Gasteiger partial charge < -0.3 is 10.3 Å². The second-order valence-corrected chi connectivity index (χ2v) is 4.67. The number of hydrogen-bond donors (Lipinski definition) is 2. The van der Waals surface area contributed by atoms with E-state index in [2.05, 4.69) is 15.3 Å². The molecule has 0 atom stereocenters. The third-order valence-corrected chi connectivity index (χ3v) is 2.86. The molecule has 3 N–H and O–H groups in total. The summed E-state index contributed by atoms with van der Waals surface area (Å²) in [6, 6.07) is 1.67. The van der Waals surface area contributed by atoms with Crippen molar-refractivity contribution in [2.75, 3.05) is 11.1 Å². The van der Waals surface area contributed by atoms with Crippen molar-refractivity contribution in [2.24, 2.45) is 0 Å². The first kappa shape index (κ1) is 13.4. The lowest BCUT2D eigenvalue weighted by Crippen LogP contribution is -2.17. The molecule has 2 aromatic heterocycles. The number of anilines is 2. The molecule has 2 rings (SSSR count). The number of carbonyl (C=O) groups is 1. The van der Waals surface area contributed by atoms with E-state index < -0.39 is 5.91 Å². The zero-order chi connectivity index (χ0) is 14.0. The summed E-state index contributed by atoms with van der Waals surface area (Å²) in [6.07, 6.45) is 4.81. The Morgan fingerprint density at radius 1 is 1.47 bits per heavy atom. The Hall–Kier alpha value is -2.08. The molecule has 19 heavy (non-hydrogen) atoms. The number of pyridine rings is 1. The van der Waals surface area contributed by atoms with Crippen molar-refractivity contribution in [1.29, 1.82) is 0 Å². The van der Waals surface area contributed by atoms with E-state index in [-0.39, 0.29) is 16.8 Å². The number of hydrogen-bond acceptors (Lipinski definition) is 4. The van der Waals surface area contributed by atoms with E-state index in [1.165, 1.54) is 12.3 Å². The van der Waals surface area contributed by atoms with Crippen LogP contribution in [0, 0.1) is 0 Å². The predicted molar refractivity (Wildman–Crippen MR) is 74.2 cm³/mol. The van der Waals surface area contributed by atoms with E-state index in [4.69, 9.17) is 17.3 Å². The maximum absolute atomic E-state index is 12.1. The molecule has 2 heterocycles. The van der Waals surface area contributed by atoms with Gasteiger partial charge in [0.1, 0.15) is 5.15 Å². The van der Waals surface area contributed by atoms with Gasteiger partial charge in [-0.15, -0.1) is 0 Å². The van der Waals surface area contributed by atoms with E-state index in [9.17, 15) is 4.79 Å². The average Bonchev–Trinajstić information content (AvgIpc) is 2.80. The van der Waals surface area contributed by atoms with Crippen molar-refractivity contribution in [3.63, 3.8) is 0 Å². The fourth-order valence-electron chi connectivity index (χ4n) is 1.62. The van der Waals surface area contributed by atoms with Gasteiger partial charge in [-0.05, 0) is 19.9 Å². The smallest absolute Gasteiger partial charge is 0.261 e. The number of aromatic nitrogens is 3. The van der Waals surface area contributed by atoms with Crippen molar-refractivity contribution in [3.8, 4) is 0 Å². The Kier molecular flexibility index (Phi) is 3.71. The van der Waals surface area contributed by atoms with Crippen LogP contribution in [0.3, 0.4) is 0 Å². The van der Waals surface area contributed by atoms with Crippen LogP contribution >= 0.6 is 11.6 Å². The fraction of sp³-hybridized carbons (Fsp3) is 0.250. The van der Waals surface area contributed by atoms with Gasteiger partial charge in [0.05, 0.1) is 17.4 Å². The van der Waals surface area contributed by atoms with Crippen LogP contribution in [0.15, 0.2) is 24.7 Å². The summed E-state index contributed by atoms with van der Waals surface area (Å²) in [5, 5.41) is 2.80. The lowest BCUT2D eigenvalue weighted by atomic mass is 10.2. The minimum atomic E-state index is -0.391. The topological polar surface area (TPSA) is 85.8 Å². The molecule has 1 amide bonds. The van der Waals surface area contributed by atoms with E-state index in [0.29, 0.717) is 11.6 Å². The standard InChI is InChI=1S/C12H14ClN5O/c1-7(2)18-4-3-15-12(18)17-11(19)9-5-8(14)6-16-10(9)13/h3-7H,14H2,1-2H3,(H,15,17,19). The van der Waals surface area contributed by atoms with Crippen LogP contribution in [0.2, 0.25) is 5.15 Å². The first-order valence-electron chi connectivity index (χ1n) is 5.74. The van der Waals surface area contributed by atoms with E-state index in [0.717, 1.165) is 0 Å². The second-order valence-electron chi connectivity index (χ2n) is 4.31.